The fourth-order valence-electron chi connectivity index (χ4n) is 2.09. The Morgan fingerprint density at radius 1 is 0.778 bits per heavy atom. The summed E-state index contributed by atoms with van der Waals surface area (Å²) in [7, 11) is 0. The largest absolute Gasteiger partial charge is 0.353 e. The molecule has 6 nitrogen and oxygen atoms in total. The quantitative estimate of drug-likeness (QED) is 0.768. The zero-order chi connectivity index (χ0) is 12.2. The third-order valence-electron chi connectivity index (χ3n) is 3.04. The van der Waals surface area contributed by atoms with Crippen molar-refractivity contribution in [2.75, 3.05) is 36.0 Å². The van der Waals surface area contributed by atoms with Crippen LogP contribution >= 0.6 is 0 Å². The summed E-state index contributed by atoms with van der Waals surface area (Å²) in [5.74, 6) is 1.93. The highest BCUT2D eigenvalue weighted by atomic mass is 15.3. The van der Waals surface area contributed by atoms with Gasteiger partial charge >= 0.3 is 0 Å². The molecule has 1 fully saturated rings. The molecule has 1 saturated heterocycles. The Bertz CT molecular complexity index is 433. The molecule has 0 aliphatic carbocycles. The summed E-state index contributed by atoms with van der Waals surface area (Å²) in [6.07, 6.45) is 8.59. The minimum atomic E-state index is 0.933. The molecule has 3 rings (SSSR count). The monoisotopic (exact) mass is 242 g/mol. The minimum Gasteiger partial charge on any atom is -0.353 e. The van der Waals surface area contributed by atoms with Crippen LogP contribution in [0.15, 0.2) is 37.2 Å². The van der Waals surface area contributed by atoms with E-state index in [-0.39, 0.29) is 0 Å². The van der Waals surface area contributed by atoms with Crippen LogP contribution in [0, 0.1) is 0 Å². The number of piperazine rings is 1. The highest BCUT2D eigenvalue weighted by Gasteiger charge is 2.18. The molecule has 0 spiro atoms. The predicted molar refractivity (Wildman–Crippen MR) is 68.5 cm³/mol. The van der Waals surface area contributed by atoms with Gasteiger partial charge in [-0.3, -0.25) is 4.98 Å². The van der Waals surface area contributed by atoms with Crippen LogP contribution in [0.4, 0.5) is 11.6 Å². The van der Waals surface area contributed by atoms with E-state index in [1.54, 1.807) is 31.1 Å². The zero-order valence-corrected chi connectivity index (χ0v) is 9.98. The maximum atomic E-state index is 4.32. The lowest BCUT2D eigenvalue weighted by molar-refractivity contribution is 0.640. The first kappa shape index (κ1) is 10.9. The third-order valence-corrected chi connectivity index (χ3v) is 3.04. The Morgan fingerprint density at radius 2 is 1.56 bits per heavy atom. The molecule has 6 heteroatoms. The Kier molecular flexibility index (Phi) is 2.99. The lowest BCUT2D eigenvalue weighted by Gasteiger charge is -2.35. The molecule has 92 valence electrons. The molecule has 18 heavy (non-hydrogen) atoms. The Hall–Kier alpha value is -2.24. The standard InChI is InChI=1S/C12H14N6/c1-2-14-10-16-11(1)17-5-7-18(8-6-17)12-9-13-3-4-15-12/h1-4,9-10H,5-8H2. The van der Waals surface area contributed by atoms with Crippen LogP contribution in [0.3, 0.4) is 0 Å². The number of rotatable bonds is 2. The third kappa shape index (κ3) is 2.22. The van der Waals surface area contributed by atoms with E-state index < -0.39 is 0 Å². The van der Waals surface area contributed by atoms with Gasteiger partial charge in [0.15, 0.2) is 0 Å². The molecule has 0 bridgehead atoms. The maximum Gasteiger partial charge on any atom is 0.147 e. The number of aromatic nitrogens is 4. The molecule has 0 unspecified atom stereocenters. The van der Waals surface area contributed by atoms with Crippen LogP contribution in [0.1, 0.15) is 0 Å². The maximum absolute atomic E-state index is 4.32. The molecule has 0 atom stereocenters. The molecule has 0 amide bonds. The van der Waals surface area contributed by atoms with E-state index in [4.69, 9.17) is 0 Å². The molecule has 1 aliphatic heterocycles. The molecule has 2 aromatic heterocycles. The predicted octanol–water partition coefficient (Wildman–Crippen LogP) is 0.593. The molecule has 0 saturated carbocycles. The van der Waals surface area contributed by atoms with E-state index in [2.05, 4.69) is 29.7 Å². The number of hydrogen-bond acceptors (Lipinski definition) is 6. The van der Waals surface area contributed by atoms with Crippen molar-refractivity contribution in [1.82, 2.24) is 19.9 Å². The van der Waals surface area contributed by atoms with Crippen LogP contribution in [-0.2, 0) is 0 Å². The lowest BCUT2D eigenvalue weighted by Crippen LogP contribution is -2.47. The van der Waals surface area contributed by atoms with Crippen molar-refractivity contribution in [3.05, 3.63) is 37.2 Å². The van der Waals surface area contributed by atoms with E-state index >= 15 is 0 Å². The van der Waals surface area contributed by atoms with Crippen LogP contribution in [0.25, 0.3) is 0 Å². The summed E-state index contributed by atoms with van der Waals surface area (Å²) >= 11 is 0. The second kappa shape index (κ2) is 4.95. The molecule has 0 aromatic carbocycles. The van der Waals surface area contributed by atoms with Gasteiger partial charge in [0.05, 0.1) is 6.20 Å². The highest BCUT2D eigenvalue weighted by Crippen LogP contribution is 2.15. The van der Waals surface area contributed by atoms with Gasteiger partial charge in [0.25, 0.3) is 0 Å². The summed E-state index contributed by atoms with van der Waals surface area (Å²) < 4.78 is 0. The molecular formula is C12H14N6. The number of hydrogen-bond donors (Lipinski definition) is 0. The summed E-state index contributed by atoms with van der Waals surface area (Å²) in [5.41, 5.74) is 0. The van der Waals surface area contributed by atoms with E-state index in [1.807, 2.05) is 6.07 Å². The van der Waals surface area contributed by atoms with E-state index in [0.29, 0.717) is 0 Å². The molecular weight excluding hydrogens is 228 g/mol. The second-order valence-electron chi connectivity index (χ2n) is 4.11. The lowest BCUT2D eigenvalue weighted by atomic mass is 10.3. The number of nitrogens with zero attached hydrogens (tertiary/aromatic N) is 6. The average molecular weight is 242 g/mol. The van der Waals surface area contributed by atoms with Gasteiger partial charge in [0.1, 0.15) is 18.0 Å². The van der Waals surface area contributed by atoms with Gasteiger partial charge in [-0.25, -0.2) is 15.0 Å². The molecule has 1 aliphatic rings. The van der Waals surface area contributed by atoms with Crippen LogP contribution < -0.4 is 9.80 Å². The van der Waals surface area contributed by atoms with Crippen molar-refractivity contribution in [3.63, 3.8) is 0 Å². The van der Waals surface area contributed by atoms with Crippen molar-refractivity contribution in [2.45, 2.75) is 0 Å². The van der Waals surface area contributed by atoms with Crippen molar-refractivity contribution in [3.8, 4) is 0 Å². The highest BCUT2D eigenvalue weighted by molar-refractivity contribution is 5.42. The van der Waals surface area contributed by atoms with Crippen LogP contribution in [0.5, 0.6) is 0 Å². The first-order valence-corrected chi connectivity index (χ1v) is 5.95. The Labute approximate surface area is 105 Å². The smallest absolute Gasteiger partial charge is 0.147 e. The van der Waals surface area contributed by atoms with Crippen molar-refractivity contribution < 1.29 is 0 Å². The van der Waals surface area contributed by atoms with Gasteiger partial charge < -0.3 is 9.80 Å². The van der Waals surface area contributed by atoms with Gasteiger partial charge in [-0.05, 0) is 6.07 Å². The normalized spacial score (nSPS) is 15.8. The zero-order valence-electron chi connectivity index (χ0n) is 9.98. The van der Waals surface area contributed by atoms with Crippen molar-refractivity contribution >= 4 is 11.6 Å². The fourth-order valence-corrected chi connectivity index (χ4v) is 2.09. The summed E-state index contributed by atoms with van der Waals surface area (Å²) in [6.45, 7) is 3.74. The molecule has 0 radical (unpaired) electrons. The first-order chi connectivity index (χ1) is 8.93. The van der Waals surface area contributed by atoms with Gasteiger partial charge in [0.2, 0.25) is 0 Å². The molecule has 3 heterocycles. The second-order valence-corrected chi connectivity index (χ2v) is 4.11. The molecule has 0 N–H and O–H groups in total. The van der Waals surface area contributed by atoms with E-state index in [9.17, 15) is 0 Å². The van der Waals surface area contributed by atoms with E-state index in [1.165, 1.54) is 0 Å². The van der Waals surface area contributed by atoms with Crippen molar-refractivity contribution in [2.24, 2.45) is 0 Å². The Balaban J connectivity index is 1.65. The first-order valence-electron chi connectivity index (χ1n) is 5.95. The van der Waals surface area contributed by atoms with Crippen LogP contribution in [0.2, 0.25) is 0 Å². The Morgan fingerprint density at radius 3 is 2.17 bits per heavy atom. The minimum absolute atomic E-state index is 0.933. The van der Waals surface area contributed by atoms with E-state index in [0.717, 1.165) is 37.8 Å². The summed E-state index contributed by atoms with van der Waals surface area (Å²) in [4.78, 5) is 21.1. The number of anilines is 2. The topological polar surface area (TPSA) is 58.0 Å². The van der Waals surface area contributed by atoms with Crippen molar-refractivity contribution in [1.29, 1.82) is 0 Å². The molecule has 2 aromatic rings. The van der Waals surface area contributed by atoms with Gasteiger partial charge in [-0.2, -0.15) is 0 Å². The van der Waals surface area contributed by atoms with Crippen LogP contribution in [-0.4, -0.2) is 46.1 Å². The van der Waals surface area contributed by atoms with Gasteiger partial charge in [-0.15, -0.1) is 0 Å². The van der Waals surface area contributed by atoms with Gasteiger partial charge in [-0.1, -0.05) is 0 Å². The average Bonchev–Trinajstić information content (AvgIpc) is 2.49. The summed E-state index contributed by atoms with van der Waals surface area (Å²) in [6, 6.07) is 1.94. The van der Waals surface area contributed by atoms with Gasteiger partial charge in [0, 0.05) is 44.8 Å². The SMILES string of the molecule is c1cc(N2CCN(c3cnccn3)CC2)ncn1. The summed E-state index contributed by atoms with van der Waals surface area (Å²) in [5, 5.41) is 0. The fraction of sp³-hybridized carbons (Fsp3) is 0.333.